The Balaban J connectivity index is 2.72. The minimum Gasteiger partial charge on any atom is -0.354 e. The minimum atomic E-state index is -3.72. The van der Waals surface area contributed by atoms with Gasteiger partial charge in [0.15, 0.2) is 0 Å². The van der Waals surface area contributed by atoms with Crippen molar-refractivity contribution < 1.29 is 13.2 Å². The van der Waals surface area contributed by atoms with E-state index in [2.05, 4.69) is 10.0 Å². The molecule has 0 saturated carbocycles. The lowest BCUT2D eigenvalue weighted by Gasteiger charge is -2.15. The monoisotopic (exact) mass is 313 g/mol. The van der Waals surface area contributed by atoms with Crippen LogP contribution in [0.15, 0.2) is 29.2 Å². The fourth-order valence-electron chi connectivity index (χ4n) is 1.62. The van der Waals surface area contributed by atoms with Gasteiger partial charge in [0.1, 0.15) is 0 Å². The third kappa shape index (κ3) is 5.45. The summed E-state index contributed by atoms with van der Waals surface area (Å²) in [6, 6.07) is 5.42. The summed E-state index contributed by atoms with van der Waals surface area (Å²) >= 11 is 0. The summed E-state index contributed by atoms with van der Waals surface area (Å²) in [5, 5.41) is 2.69. The summed E-state index contributed by atoms with van der Waals surface area (Å²) in [4.78, 5) is 11.9. The zero-order valence-corrected chi connectivity index (χ0v) is 13.4. The predicted molar refractivity (Wildman–Crippen MR) is 82.0 cm³/mol. The molecular weight excluding hydrogens is 290 g/mol. The lowest BCUT2D eigenvalue weighted by atomic mass is 10.2. The molecule has 0 radical (unpaired) electrons. The normalized spacial score (nSPS) is 13.2. The van der Waals surface area contributed by atoms with Crippen molar-refractivity contribution in [3.8, 4) is 0 Å². The molecule has 7 heteroatoms. The van der Waals surface area contributed by atoms with Crippen LogP contribution in [0.1, 0.15) is 26.3 Å². The number of hydrogen-bond donors (Lipinski definition) is 3. The minimum absolute atomic E-state index is 0.114. The van der Waals surface area contributed by atoms with Gasteiger partial charge in [0.05, 0.1) is 10.9 Å². The molecular formula is C14H23N3O3S. The third-order valence-electron chi connectivity index (χ3n) is 2.88. The van der Waals surface area contributed by atoms with Gasteiger partial charge in [-0.2, -0.15) is 4.72 Å². The first-order valence-corrected chi connectivity index (χ1v) is 8.33. The molecule has 1 rings (SSSR count). The summed E-state index contributed by atoms with van der Waals surface area (Å²) in [5.74, 6) is -0.0348. The molecule has 1 aromatic carbocycles. The molecule has 1 atom stereocenters. The molecule has 0 aliphatic rings. The Morgan fingerprint density at radius 1 is 1.19 bits per heavy atom. The zero-order chi connectivity index (χ0) is 16.0. The second kappa shape index (κ2) is 7.53. The summed E-state index contributed by atoms with van der Waals surface area (Å²) in [6.07, 6.45) is 0. The standard InChI is InChI=1S/C14H23N3O3S/c1-10(2)9-16-14(18)11(3)17-21(19,20)13-6-4-12(8-15)5-7-13/h4-7,10-11,17H,8-9,15H2,1-3H3,(H,16,18). The quantitative estimate of drug-likeness (QED) is 0.685. The molecule has 4 N–H and O–H groups in total. The van der Waals surface area contributed by atoms with E-state index in [1.165, 1.54) is 19.1 Å². The van der Waals surface area contributed by atoms with Gasteiger partial charge in [-0.3, -0.25) is 4.79 Å². The molecule has 1 amide bonds. The first kappa shape index (κ1) is 17.6. The number of sulfonamides is 1. The van der Waals surface area contributed by atoms with Crippen LogP contribution in [0, 0.1) is 5.92 Å². The SMILES string of the molecule is CC(C)CNC(=O)C(C)NS(=O)(=O)c1ccc(CN)cc1. The number of carbonyl (C=O) groups is 1. The van der Waals surface area contributed by atoms with Gasteiger partial charge in [-0.25, -0.2) is 8.42 Å². The third-order valence-corrected chi connectivity index (χ3v) is 4.44. The first-order chi connectivity index (χ1) is 9.76. The number of carbonyl (C=O) groups excluding carboxylic acids is 1. The van der Waals surface area contributed by atoms with Crippen LogP contribution in [-0.2, 0) is 21.4 Å². The summed E-state index contributed by atoms with van der Waals surface area (Å²) in [7, 11) is -3.72. The fraction of sp³-hybridized carbons (Fsp3) is 0.500. The Bertz CT molecular complexity index is 568. The average Bonchev–Trinajstić information content (AvgIpc) is 2.44. The van der Waals surface area contributed by atoms with Gasteiger partial charge in [-0.1, -0.05) is 26.0 Å². The van der Waals surface area contributed by atoms with Crippen molar-refractivity contribution in [2.45, 2.75) is 38.3 Å². The van der Waals surface area contributed by atoms with Crippen molar-refractivity contribution in [3.05, 3.63) is 29.8 Å². The van der Waals surface area contributed by atoms with Crippen molar-refractivity contribution in [3.63, 3.8) is 0 Å². The average molecular weight is 313 g/mol. The Kier molecular flexibility index (Phi) is 6.32. The number of amides is 1. The summed E-state index contributed by atoms with van der Waals surface area (Å²) < 4.78 is 26.7. The van der Waals surface area contributed by atoms with Crippen molar-refractivity contribution in [1.29, 1.82) is 0 Å². The van der Waals surface area contributed by atoms with Gasteiger partial charge in [-0.05, 0) is 30.5 Å². The van der Waals surface area contributed by atoms with Gasteiger partial charge in [0.2, 0.25) is 15.9 Å². The van der Waals surface area contributed by atoms with Crippen LogP contribution in [0.4, 0.5) is 0 Å². The smallest absolute Gasteiger partial charge is 0.241 e. The highest BCUT2D eigenvalue weighted by Gasteiger charge is 2.21. The maximum Gasteiger partial charge on any atom is 0.241 e. The van der Waals surface area contributed by atoms with Gasteiger partial charge >= 0.3 is 0 Å². The van der Waals surface area contributed by atoms with Crippen LogP contribution in [0.2, 0.25) is 0 Å². The van der Waals surface area contributed by atoms with E-state index in [1.54, 1.807) is 12.1 Å². The largest absolute Gasteiger partial charge is 0.354 e. The zero-order valence-electron chi connectivity index (χ0n) is 12.6. The molecule has 0 aliphatic heterocycles. The highest BCUT2D eigenvalue weighted by molar-refractivity contribution is 7.89. The van der Waals surface area contributed by atoms with Crippen molar-refractivity contribution in [1.82, 2.24) is 10.0 Å². The van der Waals surface area contributed by atoms with E-state index >= 15 is 0 Å². The summed E-state index contributed by atoms with van der Waals surface area (Å²) in [5.41, 5.74) is 6.31. The second-order valence-corrected chi connectivity index (χ2v) is 7.04. The molecule has 0 saturated heterocycles. The van der Waals surface area contributed by atoms with Gasteiger partial charge in [0.25, 0.3) is 0 Å². The maximum absolute atomic E-state index is 12.2. The highest BCUT2D eigenvalue weighted by Crippen LogP contribution is 2.10. The molecule has 118 valence electrons. The fourth-order valence-corrected chi connectivity index (χ4v) is 2.82. The first-order valence-electron chi connectivity index (χ1n) is 6.85. The maximum atomic E-state index is 12.2. The van der Waals surface area contributed by atoms with Gasteiger partial charge in [0, 0.05) is 13.1 Å². The van der Waals surface area contributed by atoms with Crippen LogP contribution >= 0.6 is 0 Å². The van der Waals surface area contributed by atoms with Crippen LogP contribution in [-0.4, -0.2) is 26.9 Å². The second-order valence-electron chi connectivity index (χ2n) is 5.33. The van der Waals surface area contributed by atoms with Crippen molar-refractivity contribution in [2.24, 2.45) is 11.7 Å². The molecule has 1 aromatic rings. The van der Waals surface area contributed by atoms with Crippen LogP contribution in [0.25, 0.3) is 0 Å². The molecule has 21 heavy (non-hydrogen) atoms. The van der Waals surface area contributed by atoms with E-state index in [4.69, 9.17) is 5.73 Å². The molecule has 0 fully saturated rings. The predicted octanol–water partition coefficient (Wildman–Crippen LogP) is 0.584. The Labute approximate surface area is 126 Å². The molecule has 0 bridgehead atoms. The topological polar surface area (TPSA) is 101 Å². The van der Waals surface area contributed by atoms with Crippen LogP contribution in [0.3, 0.4) is 0 Å². The molecule has 0 aliphatic carbocycles. The number of hydrogen-bond acceptors (Lipinski definition) is 4. The van der Waals surface area contributed by atoms with E-state index in [-0.39, 0.29) is 10.8 Å². The molecule has 0 spiro atoms. The Morgan fingerprint density at radius 3 is 2.24 bits per heavy atom. The van der Waals surface area contributed by atoms with E-state index in [1.807, 2.05) is 13.8 Å². The van der Waals surface area contributed by atoms with Crippen LogP contribution < -0.4 is 15.8 Å². The van der Waals surface area contributed by atoms with Crippen LogP contribution in [0.5, 0.6) is 0 Å². The number of benzene rings is 1. The van der Waals surface area contributed by atoms with E-state index < -0.39 is 16.1 Å². The Morgan fingerprint density at radius 2 is 1.76 bits per heavy atom. The van der Waals surface area contributed by atoms with E-state index in [0.717, 1.165) is 5.56 Å². The summed E-state index contributed by atoms with van der Waals surface area (Å²) in [6.45, 7) is 6.31. The molecule has 0 aromatic heterocycles. The van der Waals surface area contributed by atoms with Crippen molar-refractivity contribution >= 4 is 15.9 Å². The van der Waals surface area contributed by atoms with Gasteiger partial charge < -0.3 is 11.1 Å². The number of nitrogens with two attached hydrogens (primary N) is 1. The lowest BCUT2D eigenvalue weighted by molar-refractivity contribution is -0.122. The highest BCUT2D eigenvalue weighted by atomic mass is 32.2. The number of rotatable bonds is 7. The van der Waals surface area contributed by atoms with E-state index in [9.17, 15) is 13.2 Å². The van der Waals surface area contributed by atoms with Gasteiger partial charge in [-0.15, -0.1) is 0 Å². The molecule has 0 heterocycles. The van der Waals surface area contributed by atoms with Crippen molar-refractivity contribution in [2.75, 3.05) is 6.54 Å². The Hall–Kier alpha value is -1.44. The molecule has 1 unspecified atom stereocenters. The number of nitrogens with one attached hydrogen (secondary N) is 2. The molecule has 6 nitrogen and oxygen atoms in total. The van der Waals surface area contributed by atoms with E-state index in [0.29, 0.717) is 19.0 Å². The lowest BCUT2D eigenvalue weighted by Crippen LogP contribution is -2.45.